The van der Waals surface area contributed by atoms with Gasteiger partial charge in [0.1, 0.15) is 0 Å². The van der Waals surface area contributed by atoms with Crippen molar-refractivity contribution in [3.05, 3.63) is 71.3 Å². The molecule has 0 bridgehead atoms. The van der Waals surface area contributed by atoms with Crippen LogP contribution in [0.25, 0.3) is 0 Å². The van der Waals surface area contributed by atoms with Gasteiger partial charge in [-0.05, 0) is 19.9 Å². The zero-order chi connectivity index (χ0) is 13.6. The summed E-state index contributed by atoms with van der Waals surface area (Å²) < 4.78 is 35.9. The fourth-order valence-corrected chi connectivity index (χ4v) is 1.36. The van der Waals surface area contributed by atoms with Crippen molar-refractivity contribution in [2.24, 2.45) is 0 Å². The second-order valence-corrected chi connectivity index (χ2v) is 4.02. The molecule has 3 heteroatoms. The first-order valence-corrected chi connectivity index (χ1v) is 5.55. The van der Waals surface area contributed by atoms with Crippen LogP contribution in [0.5, 0.6) is 0 Å². The summed E-state index contributed by atoms with van der Waals surface area (Å²) in [7, 11) is 0. The minimum atomic E-state index is -4.22. The molecule has 0 nitrogen and oxygen atoms in total. The van der Waals surface area contributed by atoms with Gasteiger partial charge in [-0.3, -0.25) is 0 Å². The highest BCUT2D eigenvalue weighted by Crippen LogP contribution is 2.29. The maximum absolute atomic E-state index is 12.0. The fraction of sp³-hybridized carbons (Fsp3) is 0.200. The van der Waals surface area contributed by atoms with Gasteiger partial charge in [0.25, 0.3) is 0 Å². The molecule has 0 N–H and O–H groups in total. The summed E-state index contributed by atoms with van der Waals surface area (Å²) >= 11 is 0. The average molecular weight is 252 g/mol. The summed E-state index contributed by atoms with van der Waals surface area (Å²) in [5.74, 6) is 0. The Bertz CT molecular complexity index is 473. The molecule has 0 aliphatic rings. The summed E-state index contributed by atoms with van der Waals surface area (Å²) in [5, 5.41) is 0. The molecule has 0 fully saturated rings. The van der Waals surface area contributed by atoms with E-state index in [4.69, 9.17) is 0 Å². The SMILES string of the molecule is Cc1cccc(C(F)(F)F)c1.Cc1ccccc1. The van der Waals surface area contributed by atoms with E-state index in [1.807, 2.05) is 18.2 Å². The van der Waals surface area contributed by atoms with Crippen molar-refractivity contribution in [2.45, 2.75) is 20.0 Å². The molecule has 2 rings (SSSR count). The van der Waals surface area contributed by atoms with E-state index in [9.17, 15) is 13.2 Å². The van der Waals surface area contributed by atoms with Gasteiger partial charge in [-0.2, -0.15) is 13.2 Å². The largest absolute Gasteiger partial charge is 0.416 e. The minimum absolute atomic E-state index is 0.586. The normalized spacial score (nSPS) is 10.5. The minimum Gasteiger partial charge on any atom is -0.166 e. The molecule has 0 aliphatic heterocycles. The third-order valence-corrected chi connectivity index (χ3v) is 2.29. The van der Waals surface area contributed by atoms with Gasteiger partial charge in [0.15, 0.2) is 0 Å². The van der Waals surface area contributed by atoms with Gasteiger partial charge in [-0.1, -0.05) is 59.7 Å². The van der Waals surface area contributed by atoms with Crippen LogP contribution in [0.2, 0.25) is 0 Å². The molecule has 0 amide bonds. The van der Waals surface area contributed by atoms with Crippen LogP contribution >= 0.6 is 0 Å². The van der Waals surface area contributed by atoms with Crippen molar-refractivity contribution in [1.82, 2.24) is 0 Å². The lowest BCUT2D eigenvalue weighted by Gasteiger charge is -2.05. The summed E-state index contributed by atoms with van der Waals surface area (Å²) in [5.41, 5.74) is 1.36. The zero-order valence-electron chi connectivity index (χ0n) is 10.3. The van der Waals surface area contributed by atoms with E-state index in [2.05, 4.69) is 19.1 Å². The topological polar surface area (TPSA) is 0 Å². The predicted octanol–water partition coefficient (Wildman–Crippen LogP) is 5.01. The van der Waals surface area contributed by atoms with Gasteiger partial charge in [-0.25, -0.2) is 0 Å². The Morgan fingerprint density at radius 2 is 1.28 bits per heavy atom. The van der Waals surface area contributed by atoms with Crippen LogP contribution in [-0.2, 0) is 6.18 Å². The van der Waals surface area contributed by atoms with E-state index in [1.54, 1.807) is 13.0 Å². The molecule has 0 heterocycles. The van der Waals surface area contributed by atoms with Crippen molar-refractivity contribution in [3.8, 4) is 0 Å². The lowest BCUT2D eigenvalue weighted by Crippen LogP contribution is -2.04. The van der Waals surface area contributed by atoms with E-state index in [-0.39, 0.29) is 0 Å². The third kappa shape index (κ3) is 5.04. The van der Waals surface area contributed by atoms with Gasteiger partial charge in [0, 0.05) is 0 Å². The maximum Gasteiger partial charge on any atom is 0.416 e. The monoisotopic (exact) mass is 252 g/mol. The molecule has 0 saturated heterocycles. The van der Waals surface area contributed by atoms with Crippen LogP contribution < -0.4 is 0 Å². The summed E-state index contributed by atoms with van der Waals surface area (Å²) in [4.78, 5) is 0. The molecule has 0 unspecified atom stereocenters. The molecule has 18 heavy (non-hydrogen) atoms. The van der Waals surface area contributed by atoms with Crippen molar-refractivity contribution >= 4 is 0 Å². The average Bonchev–Trinajstić information content (AvgIpc) is 2.30. The molecule has 0 aromatic heterocycles. The Kier molecular flexibility index (Phi) is 4.95. The standard InChI is InChI=1S/C8H7F3.C7H8/c1-6-3-2-4-7(5-6)8(9,10)11;1-7-5-3-2-4-6-7/h2-5H,1H3;2-6H,1H3. The van der Waals surface area contributed by atoms with Crippen LogP contribution in [0.4, 0.5) is 13.2 Å². The van der Waals surface area contributed by atoms with Gasteiger partial charge < -0.3 is 0 Å². The first kappa shape index (κ1) is 14.3. The quantitative estimate of drug-likeness (QED) is 0.618. The van der Waals surface area contributed by atoms with Crippen molar-refractivity contribution in [2.75, 3.05) is 0 Å². The van der Waals surface area contributed by atoms with E-state index in [1.165, 1.54) is 11.6 Å². The van der Waals surface area contributed by atoms with Gasteiger partial charge in [-0.15, -0.1) is 0 Å². The second-order valence-electron chi connectivity index (χ2n) is 4.02. The van der Waals surface area contributed by atoms with E-state index in [0.717, 1.165) is 12.1 Å². The maximum atomic E-state index is 12.0. The number of aryl methyl sites for hydroxylation is 2. The molecular weight excluding hydrogens is 237 g/mol. The predicted molar refractivity (Wildman–Crippen MR) is 67.4 cm³/mol. The van der Waals surface area contributed by atoms with E-state index in [0.29, 0.717) is 5.56 Å². The smallest absolute Gasteiger partial charge is 0.166 e. The second kappa shape index (κ2) is 6.24. The molecule has 0 atom stereocenters. The van der Waals surface area contributed by atoms with E-state index >= 15 is 0 Å². The fourth-order valence-electron chi connectivity index (χ4n) is 1.36. The first-order valence-electron chi connectivity index (χ1n) is 5.55. The van der Waals surface area contributed by atoms with Crippen LogP contribution in [0.15, 0.2) is 54.6 Å². The molecular formula is C15H15F3. The van der Waals surface area contributed by atoms with Crippen molar-refractivity contribution < 1.29 is 13.2 Å². The van der Waals surface area contributed by atoms with Gasteiger partial charge >= 0.3 is 6.18 Å². The lowest BCUT2D eigenvalue weighted by molar-refractivity contribution is -0.137. The number of hydrogen-bond donors (Lipinski definition) is 0. The third-order valence-electron chi connectivity index (χ3n) is 2.29. The highest BCUT2D eigenvalue weighted by molar-refractivity contribution is 5.24. The van der Waals surface area contributed by atoms with Crippen LogP contribution in [0.1, 0.15) is 16.7 Å². The number of halogens is 3. The number of rotatable bonds is 0. The Hall–Kier alpha value is -1.77. The van der Waals surface area contributed by atoms with Crippen LogP contribution in [-0.4, -0.2) is 0 Å². The van der Waals surface area contributed by atoms with Crippen molar-refractivity contribution in [3.63, 3.8) is 0 Å². The van der Waals surface area contributed by atoms with Crippen LogP contribution in [0, 0.1) is 13.8 Å². The molecule has 0 radical (unpaired) electrons. The highest BCUT2D eigenvalue weighted by atomic mass is 19.4. The summed E-state index contributed by atoms with van der Waals surface area (Å²) in [6.45, 7) is 3.72. The number of alkyl halides is 3. The number of benzene rings is 2. The Balaban J connectivity index is 0.000000199. The molecule has 0 saturated carbocycles. The van der Waals surface area contributed by atoms with Crippen molar-refractivity contribution in [1.29, 1.82) is 0 Å². The zero-order valence-corrected chi connectivity index (χ0v) is 10.3. The molecule has 0 aliphatic carbocycles. The molecule has 2 aromatic rings. The highest BCUT2D eigenvalue weighted by Gasteiger charge is 2.29. The Morgan fingerprint density at radius 1 is 0.722 bits per heavy atom. The first-order chi connectivity index (χ1) is 8.39. The summed E-state index contributed by atoms with van der Waals surface area (Å²) in [6, 6.07) is 15.5. The Labute approximate surface area is 105 Å². The lowest BCUT2D eigenvalue weighted by atomic mass is 10.1. The Morgan fingerprint density at radius 3 is 1.61 bits per heavy atom. The van der Waals surface area contributed by atoms with E-state index < -0.39 is 11.7 Å². The van der Waals surface area contributed by atoms with Crippen LogP contribution in [0.3, 0.4) is 0 Å². The molecule has 0 spiro atoms. The van der Waals surface area contributed by atoms with Gasteiger partial charge in [0.2, 0.25) is 0 Å². The van der Waals surface area contributed by atoms with Gasteiger partial charge in [0.05, 0.1) is 5.56 Å². The molecule has 2 aromatic carbocycles. The number of hydrogen-bond acceptors (Lipinski definition) is 0. The summed E-state index contributed by atoms with van der Waals surface area (Å²) in [6.07, 6.45) is -4.22. The molecule has 96 valence electrons.